The van der Waals surface area contributed by atoms with Gasteiger partial charge >= 0.3 is 0 Å². The molecule has 2 aliphatic heterocycles. The van der Waals surface area contributed by atoms with E-state index in [-0.39, 0.29) is 6.61 Å². The maximum atomic E-state index is 9.37. The molecular weight excluding hydrogens is 216 g/mol. The van der Waals surface area contributed by atoms with Crippen LogP contribution in [0, 0.1) is 0 Å². The Morgan fingerprint density at radius 2 is 2.00 bits per heavy atom. The van der Waals surface area contributed by atoms with Gasteiger partial charge in [-0.1, -0.05) is 12.1 Å². The maximum Gasteiger partial charge on any atom is 0.163 e. The molecule has 5 rings (SSSR count). The van der Waals surface area contributed by atoms with Gasteiger partial charge in [-0.15, -0.1) is 0 Å². The molecule has 0 radical (unpaired) electrons. The first kappa shape index (κ1) is 8.90. The second-order valence-electron chi connectivity index (χ2n) is 4.03. The fourth-order valence-corrected chi connectivity index (χ4v) is 2.38. The van der Waals surface area contributed by atoms with Crippen LogP contribution in [0.1, 0.15) is 5.76 Å². The van der Waals surface area contributed by atoms with Crippen molar-refractivity contribution in [2.45, 2.75) is 6.61 Å². The summed E-state index contributed by atoms with van der Waals surface area (Å²) in [7, 11) is 0. The maximum absolute atomic E-state index is 9.37. The first-order valence-electron chi connectivity index (χ1n) is 5.36. The molecule has 4 heterocycles. The van der Waals surface area contributed by atoms with E-state index in [1.807, 2.05) is 18.2 Å². The van der Waals surface area contributed by atoms with Crippen molar-refractivity contribution in [1.82, 2.24) is 9.97 Å². The number of nitrogens with zero attached hydrogens (tertiary/aromatic N) is 2. The van der Waals surface area contributed by atoms with Gasteiger partial charge in [-0.25, -0.2) is 9.97 Å². The third kappa shape index (κ3) is 1.00. The molecule has 1 N–H and O–H groups in total. The van der Waals surface area contributed by atoms with Gasteiger partial charge in [0.2, 0.25) is 0 Å². The second-order valence-corrected chi connectivity index (χ2v) is 4.03. The average Bonchev–Trinajstić information content (AvgIpc) is 2.60. The molecular formula is C13H8N2O2. The molecule has 0 saturated heterocycles. The van der Waals surface area contributed by atoms with E-state index < -0.39 is 0 Å². The Kier molecular flexibility index (Phi) is 1.53. The number of aliphatic hydroxyl groups excluding tert-OH is 1. The lowest BCUT2D eigenvalue weighted by Gasteiger charge is -1.98. The molecule has 2 aromatic heterocycles. The molecule has 3 aromatic rings. The summed E-state index contributed by atoms with van der Waals surface area (Å²) >= 11 is 0. The lowest BCUT2D eigenvalue weighted by Crippen LogP contribution is -1.88. The average molecular weight is 224 g/mol. The quantitative estimate of drug-likeness (QED) is 0.539. The molecule has 0 amide bonds. The summed E-state index contributed by atoms with van der Waals surface area (Å²) in [6.45, 7) is -0.146. The van der Waals surface area contributed by atoms with E-state index in [0.717, 1.165) is 27.7 Å². The molecule has 17 heavy (non-hydrogen) atoms. The van der Waals surface area contributed by atoms with Crippen molar-refractivity contribution >= 4 is 11.0 Å². The van der Waals surface area contributed by atoms with Crippen molar-refractivity contribution in [2.75, 3.05) is 0 Å². The summed E-state index contributed by atoms with van der Waals surface area (Å²) < 4.78 is 5.64. The molecule has 0 unspecified atom stereocenters. The second kappa shape index (κ2) is 2.93. The van der Waals surface area contributed by atoms with Crippen molar-refractivity contribution in [3.05, 3.63) is 36.4 Å². The first-order valence-corrected chi connectivity index (χ1v) is 5.36. The van der Waals surface area contributed by atoms with Crippen LogP contribution in [0.4, 0.5) is 0 Å². The van der Waals surface area contributed by atoms with Crippen molar-refractivity contribution in [2.24, 2.45) is 0 Å². The minimum atomic E-state index is -0.146. The van der Waals surface area contributed by atoms with Crippen molar-refractivity contribution in [1.29, 1.82) is 0 Å². The van der Waals surface area contributed by atoms with Gasteiger partial charge in [0.1, 0.15) is 18.0 Å². The molecule has 0 saturated carbocycles. The van der Waals surface area contributed by atoms with Crippen LogP contribution >= 0.6 is 0 Å². The zero-order valence-electron chi connectivity index (χ0n) is 8.84. The predicted molar refractivity (Wildman–Crippen MR) is 62.2 cm³/mol. The highest BCUT2D eigenvalue weighted by molar-refractivity contribution is 6.05. The largest absolute Gasteiger partial charge is 0.458 e. The van der Waals surface area contributed by atoms with Gasteiger partial charge in [0.25, 0.3) is 0 Å². The van der Waals surface area contributed by atoms with Crippen LogP contribution in [-0.2, 0) is 6.61 Å². The van der Waals surface area contributed by atoms with Crippen LogP contribution < -0.4 is 0 Å². The lowest BCUT2D eigenvalue weighted by atomic mass is 10.0. The summed E-state index contributed by atoms with van der Waals surface area (Å²) in [5.41, 5.74) is 3.62. The number of rotatable bonds is 1. The van der Waals surface area contributed by atoms with Gasteiger partial charge < -0.3 is 9.52 Å². The van der Waals surface area contributed by atoms with Gasteiger partial charge in [-0.3, -0.25) is 0 Å². The van der Waals surface area contributed by atoms with Crippen LogP contribution in [0.15, 0.2) is 35.0 Å². The molecule has 2 aliphatic rings. The molecule has 0 aliphatic carbocycles. The summed E-state index contributed by atoms with van der Waals surface area (Å²) in [5, 5.41) is 10.4. The Hall–Kier alpha value is -2.20. The first-order chi connectivity index (χ1) is 8.38. The summed E-state index contributed by atoms with van der Waals surface area (Å²) in [4.78, 5) is 8.60. The normalized spacial score (nSPS) is 12.1. The molecule has 0 atom stereocenters. The summed E-state index contributed by atoms with van der Waals surface area (Å²) in [6.07, 6.45) is 3.61. The van der Waals surface area contributed by atoms with E-state index in [0.29, 0.717) is 11.6 Å². The number of furan rings is 1. The standard InChI is InChI=1S/C13H8N2O2/c16-6-10-12-11-8(2-1-3-9(11)17-10)7-4-14-13(12)15-5-7/h1-5,16H,6H2. The van der Waals surface area contributed by atoms with Gasteiger partial charge in [0.05, 0.1) is 5.56 Å². The number of fused-ring (bicyclic) bond motifs is 2. The number of hydrogen-bond donors (Lipinski definition) is 1. The smallest absolute Gasteiger partial charge is 0.163 e. The van der Waals surface area contributed by atoms with E-state index in [2.05, 4.69) is 9.97 Å². The SMILES string of the molecule is OCc1oc2cccc3c2c1-c1ncc-3cn1. The van der Waals surface area contributed by atoms with Gasteiger partial charge in [-0.05, 0) is 11.6 Å². The lowest BCUT2D eigenvalue weighted by molar-refractivity contribution is 0.251. The van der Waals surface area contributed by atoms with E-state index in [9.17, 15) is 5.11 Å². The van der Waals surface area contributed by atoms with Crippen molar-refractivity contribution < 1.29 is 9.52 Å². The number of benzene rings is 1. The summed E-state index contributed by atoms with van der Waals surface area (Å²) in [6, 6.07) is 5.85. The minimum absolute atomic E-state index is 0.146. The van der Waals surface area contributed by atoms with Crippen LogP contribution in [0.25, 0.3) is 33.5 Å². The highest BCUT2D eigenvalue weighted by atomic mass is 16.4. The van der Waals surface area contributed by atoms with E-state index in [1.165, 1.54) is 0 Å². The third-order valence-corrected chi connectivity index (χ3v) is 3.12. The molecule has 4 nitrogen and oxygen atoms in total. The zero-order chi connectivity index (χ0) is 11.4. The fourth-order valence-electron chi connectivity index (χ4n) is 2.38. The molecule has 82 valence electrons. The molecule has 1 aromatic carbocycles. The van der Waals surface area contributed by atoms with Crippen molar-refractivity contribution in [3.8, 4) is 22.5 Å². The van der Waals surface area contributed by atoms with Crippen molar-refractivity contribution in [3.63, 3.8) is 0 Å². The van der Waals surface area contributed by atoms with E-state index in [1.54, 1.807) is 12.4 Å². The summed E-state index contributed by atoms with van der Waals surface area (Å²) in [5.74, 6) is 1.14. The van der Waals surface area contributed by atoms with Crippen LogP contribution in [-0.4, -0.2) is 15.1 Å². The van der Waals surface area contributed by atoms with E-state index >= 15 is 0 Å². The van der Waals surface area contributed by atoms with Crippen LogP contribution in [0.5, 0.6) is 0 Å². The van der Waals surface area contributed by atoms with E-state index in [4.69, 9.17) is 4.42 Å². The Bertz CT molecular complexity index is 729. The molecule has 4 heteroatoms. The Labute approximate surface area is 96.6 Å². The topological polar surface area (TPSA) is 59.2 Å². The monoisotopic (exact) mass is 224 g/mol. The highest BCUT2D eigenvalue weighted by Gasteiger charge is 2.23. The molecule has 0 spiro atoms. The molecule has 0 fully saturated rings. The predicted octanol–water partition coefficient (Wildman–Crippen LogP) is 2.36. The highest BCUT2D eigenvalue weighted by Crippen LogP contribution is 2.41. The minimum Gasteiger partial charge on any atom is -0.458 e. The van der Waals surface area contributed by atoms with Crippen LogP contribution in [0.2, 0.25) is 0 Å². The van der Waals surface area contributed by atoms with Gasteiger partial charge in [-0.2, -0.15) is 0 Å². The van der Waals surface area contributed by atoms with Gasteiger partial charge in [0.15, 0.2) is 5.82 Å². The Balaban J connectivity index is 2.31. The zero-order valence-corrected chi connectivity index (χ0v) is 8.84. The Morgan fingerprint density at radius 1 is 1.18 bits per heavy atom. The number of aromatic nitrogens is 2. The number of aliphatic hydroxyl groups is 1. The fraction of sp³-hybridized carbons (Fsp3) is 0.0769. The molecule has 2 bridgehead atoms. The van der Waals surface area contributed by atoms with Gasteiger partial charge in [0, 0.05) is 23.3 Å². The Morgan fingerprint density at radius 3 is 2.76 bits per heavy atom. The third-order valence-electron chi connectivity index (χ3n) is 3.12. The number of hydrogen-bond acceptors (Lipinski definition) is 4. The van der Waals surface area contributed by atoms with Crippen LogP contribution in [0.3, 0.4) is 0 Å².